The van der Waals surface area contributed by atoms with Gasteiger partial charge in [-0.2, -0.15) is 0 Å². The molecule has 1 N–H and O–H groups in total. The van der Waals surface area contributed by atoms with Crippen LogP contribution in [0, 0.1) is 0 Å². The lowest BCUT2D eigenvalue weighted by Gasteiger charge is -2.43. The van der Waals surface area contributed by atoms with Crippen LogP contribution in [0.5, 0.6) is 0 Å². The van der Waals surface area contributed by atoms with Gasteiger partial charge < -0.3 is 14.6 Å². The van der Waals surface area contributed by atoms with E-state index < -0.39 is 0 Å². The third kappa shape index (κ3) is 2.98. The maximum absolute atomic E-state index is 6.12. The van der Waals surface area contributed by atoms with Crippen LogP contribution in [0.2, 0.25) is 0 Å². The van der Waals surface area contributed by atoms with Crippen molar-refractivity contribution in [3.63, 3.8) is 0 Å². The zero-order chi connectivity index (χ0) is 13.1. The van der Waals surface area contributed by atoms with Gasteiger partial charge in [-0.1, -0.05) is 19.3 Å². The molecule has 1 saturated carbocycles. The lowest BCUT2D eigenvalue weighted by atomic mass is 9.78. The Morgan fingerprint density at radius 3 is 3.00 bits per heavy atom. The molecule has 1 aromatic heterocycles. The van der Waals surface area contributed by atoms with E-state index in [4.69, 9.17) is 4.74 Å². The highest BCUT2D eigenvalue weighted by molar-refractivity contribution is 4.93. The van der Waals surface area contributed by atoms with Crippen molar-refractivity contribution < 1.29 is 4.74 Å². The van der Waals surface area contributed by atoms with Crippen molar-refractivity contribution in [2.45, 2.75) is 63.1 Å². The van der Waals surface area contributed by atoms with Gasteiger partial charge in [0.2, 0.25) is 0 Å². The molecule has 1 aliphatic carbocycles. The number of nitrogens with zero attached hydrogens (tertiary/aromatic N) is 3. The van der Waals surface area contributed by atoms with E-state index in [-0.39, 0.29) is 5.60 Å². The average molecular weight is 264 g/mol. The maximum atomic E-state index is 6.12. The molecule has 2 fully saturated rings. The zero-order valence-electron chi connectivity index (χ0n) is 11.8. The quantitative estimate of drug-likeness (QED) is 0.904. The number of aromatic nitrogens is 3. The van der Waals surface area contributed by atoms with Gasteiger partial charge in [0.15, 0.2) is 0 Å². The molecular formula is C14H24N4O. The Balaban J connectivity index is 1.55. The first-order valence-electron chi connectivity index (χ1n) is 7.48. The van der Waals surface area contributed by atoms with Crippen molar-refractivity contribution in [2.24, 2.45) is 7.05 Å². The fraction of sp³-hybridized carbons (Fsp3) is 0.857. The van der Waals surface area contributed by atoms with E-state index in [1.807, 2.05) is 11.6 Å². The Labute approximate surface area is 114 Å². The SMILES string of the molecule is Cn1cnnc1CNC1CCOC2(CCCCC2)C1. The smallest absolute Gasteiger partial charge is 0.146 e. The average Bonchev–Trinajstić information content (AvgIpc) is 2.83. The minimum absolute atomic E-state index is 0.175. The summed E-state index contributed by atoms with van der Waals surface area (Å²) in [6.45, 7) is 1.70. The topological polar surface area (TPSA) is 52.0 Å². The molecule has 5 nitrogen and oxygen atoms in total. The summed E-state index contributed by atoms with van der Waals surface area (Å²) in [5, 5.41) is 11.7. The van der Waals surface area contributed by atoms with Gasteiger partial charge in [-0.15, -0.1) is 10.2 Å². The van der Waals surface area contributed by atoms with E-state index >= 15 is 0 Å². The molecule has 2 heterocycles. The van der Waals surface area contributed by atoms with Crippen LogP contribution in [0.1, 0.15) is 50.8 Å². The second-order valence-electron chi connectivity index (χ2n) is 6.02. The highest BCUT2D eigenvalue weighted by atomic mass is 16.5. The van der Waals surface area contributed by atoms with Gasteiger partial charge in [0.1, 0.15) is 12.2 Å². The van der Waals surface area contributed by atoms with Crippen molar-refractivity contribution in [3.05, 3.63) is 12.2 Å². The second-order valence-corrected chi connectivity index (χ2v) is 6.02. The van der Waals surface area contributed by atoms with Crippen molar-refractivity contribution in [2.75, 3.05) is 6.61 Å². The lowest BCUT2D eigenvalue weighted by molar-refractivity contribution is -0.109. The van der Waals surface area contributed by atoms with Crippen LogP contribution >= 0.6 is 0 Å². The van der Waals surface area contributed by atoms with Crippen molar-refractivity contribution in [3.8, 4) is 0 Å². The van der Waals surface area contributed by atoms with E-state index in [9.17, 15) is 0 Å². The minimum Gasteiger partial charge on any atom is -0.375 e. The molecule has 1 saturated heterocycles. The number of rotatable bonds is 3. The second kappa shape index (κ2) is 5.59. The fourth-order valence-corrected chi connectivity index (χ4v) is 3.45. The molecule has 0 amide bonds. The molecule has 19 heavy (non-hydrogen) atoms. The maximum Gasteiger partial charge on any atom is 0.146 e. The zero-order valence-corrected chi connectivity index (χ0v) is 11.8. The first kappa shape index (κ1) is 13.1. The summed E-state index contributed by atoms with van der Waals surface area (Å²) < 4.78 is 8.10. The van der Waals surface area contributed by atoms with Crippen LogP contribution in [0.3, 0.4) is 0 Å². The van der Waals surface area contributed by atoms with Gasteiger partial charge in [0.05, 0.1) is 12.1 Å². The Morgan fingerprint density at radius 1 is 1.42 bits per heavy atom. The Hall–Kier alpha value is -0.940. The molecular weight excluding hydrogens is 240 g/mol. The summed E-state index contributed by atoms with van der Waals surface area (Å²) in [7, 11) is 1.99. The molecule has 1 aromatic rings. The number of hydrogen-bond donors (Lipinski definition) is 1. The summed E-state index contributed by atoms with van der Waals surface area (Å²) >= 11 is 0. The summed E-state index contributed by atoms with van der Waals surface area (Å²) in [6, 6.07) is 0.559. The normalized spacial score (nSPS) is 26.7. The van der Waals surface area contributed by atoms with Gasteiger partial charge in [-0.05, 0) is 25.7 Å². The van der Waals surface area contributed by atoms with E-state index in [1.165, 1.54) is 32.1 Å². The Bertz CT molecular complexity index is 406. The van der Waals surface area contributed by atoms with Crippen LogP contribution in [-0.2, 0) is 18.3 Å². The van der Waals surface area contributed by atoms with Crippen LogP contribution in [0.4, 0.5) is 0 Å². The Kier molecular flexibility index (Phi) is 3.84. The molecule has 1 atom stereocenters. The van der Waals surface area contributed by atoms with Crippen molar-refractivity contribution in [1.82, 2.24) is 20.1 Å². The molecule has 1 aliphatic heterocycles. The lowest BCUT2D eigenvalue weighted by Crippen LogP contribution is -2.48. The molecule has 5 heteroatoms. The van der Waals surface area contributed by atoms with Gasteiger partial charge in [0.25, 0.3) is 0 Å². The number of ether oxygens (including phenoxy) is 1. The number of aryl methyl sites for hydroxylation is 1. The fourth-order valence-electron chi connectivity index (χ4n) is 3.45. The molecule has 0 bridgehead atoms. The van der Waals surface area contributed by atoms with Gasteiger partial charge in [-0.25, -0.2) is 0 Å². The van der Waals surface area contributed by atoms with Crippen LogP contribution in [-0.4, -0.2) is 33.0 Å². The van der Waals surface area contributed by atoms with E-state index in [1.54, 1.807) is 6.33 Å². The highest BCUT2D eigenvalue weighted by Crippen LogP contribution is 2.38. The molecule has 1 spiro atoms. The number of hydrogen-bond acceptors (Lipinski definition) is 4. The standard InChI is InChI=1S/C14H24N4O/c1-18-11-16-17-13(18)10-15-12-5-8-19-14(9-12)6-3-2-4-7-14/h11-12,15H,2-10H2,1H3. The summed E-state index contributed by atoms with van der Waals surface area (Å²) in [5.74, 6) is 1.00. The number of nitrogens with one attached hydrogen (secondary N) is 1. The molecule has 2 aliphatic rings. The van der Waals surface area contributed by atoms with E-state index in [0.29, 0.717) is 6.04 Å². The molecule has 0 radical (unpaired) electrons. The van der Waals surface area contributed by atoms with E-state index in [0.717, 1.165) is 31.8 Å². The highest BCUT2D eigenvalue weighted by Gasteiger charge is 2.38. The molecule has 0 aromatic carbocycles. The van der Waals surface area contributed by atoms with Crippen LogP contribution in [0.15, 0.2) is 6.33 Å². The third-order valence-electron chi connectivity index (χ3n) is 4.61. The monoisotopic (exact) mass is 264 g/mol. The van der Waals surface area contributed by atoms with Gasteiger partial charge in [0, 0.05) is 19.7 Å². The van der Waals surface area contributed by atoms with Gasteiger partial charge in [-0.3, -0.25) is 0 Å². The molecule has 1 unspecified atom stereocenters. The van der Waals surface area contributed by atoms with Gasteiger partial charge >= 0.3 is 0 Å². The summed E-state index contributed by atoms with van der Waals surface area (Å²) in [6.07, 6.45) is 10.5. The predicted molar refractivity (Wildman–Crippen MR) is 72.6 cm³/mol. The van der Waals surface area contributed by atoms with Crippen LogP contribution < -0.4 is 5.32 Å². The first-order chi connectivity index (χ1) is 9.27. The minimum atomic E-state index is 0.175. The van der Waals surface area contributed by atoms with E-state index in [2.05, 4.69) is 15.5 Å². The van der Waals surface area contributed by atoms with Crippen molar-refractivity contribution >= 4 is 0 Å². The Morgan fingerprint density at radius 2 is 2.26 bits per heavy atom. The summed E-state index contributed by atoms with van der Waals surface area (Å²) in [4.78, 5) is 0. The van der Waals surface area contributed by atoms with Crippen LogP contribution in [0.25, 0.3) is 0 Å². The molecule has 106 valence electrons. The molecule has 3 rings (SSSR count). The summed E-state index contributed by atoms with van der Waals surface area (Å²) in [5.41, 5.74) is 0.175. The van der Waals surface area contributed by atoms with Crippen molar-refractivity contribution in [1.29, 1.82) is 0 Å². The largest absolute Gasteiger partial charge is 0.375 e. The first-order valence-corrected chi connectivity index (χ1v) is 7.48. The third-order valence-corrected chi connectivity index (χ3v) is 4.61. The predicted octanol–water partition coefficient (Wildman–Crippen LogP) is 1.79.